The van der Waals surface area contributed by atoms with E-state index >= 15 is 0 Å². The maximum absolute atomic E-state index is 13.5. The molecule has 2 N–H and O–H groups in total. The van der Waals surface area contributed by atoms with Gasteiger partial charge in [-0.05, 0) is 36.0 Å². The molecule has 0 bridgehead atoms. The number of rotatable bonds is 3. The fraction of sp³-hybridized carbons (Fsp3) is 0.167. The molecule has 5 rings (SSSR count). The van der Waals surface area contributed by atoms with E-state index in [1.807, 2.05) is 6.07 Å². The van der Waals surface area contributed by atoms with Crippen molar-refractivity contribution < 1.29 is 4.39 Å². The largest absolute Gasteiger partial charge is 0.325 e. The summed E-state index contributed by atoms with van der Waals surface area (Å²) in [6.07, 6.45) is 8.36. The van der Waals surface area contributed by atoms with Crippen LogP contribution in [0.4, 0.5) is 4.39 Å². The second-order valence-corrected chi connectivity index (χ2v) is 6.55. The monoisotopic (exact) mass is 364 g/mol. The van der Waals surface area contributed by atoms with Gasteiger partial charge in [0.15, 0.2) is 5.65 Å². The number of H-pyrrole nitrogens is 2. The van der Waals surface area contributed by atoms with Crippen LogP contribution in [0.2, 0.25) is 0 Å². The lowest BCUT2D eigenvalue weighted by Crippen LogP contribution is -2.23. The summed E-state index contributed by atoms with van der Waals surface area (Å²) in [7, 11) is 0. The quantitative estimate of drug-likeness (QED) is 0.574. The Morgan fingerprint density at radius 1 is 1.19 bits per heavy atom. The average molecular weight is 364 g/mol. The van der Waals surface area contributed by atoms with E-state index in [4.69, 9.17) is 0 Å². The van der Waals surface area contributed by atoms with Gasteiger partial charge in [0.1, 0.15) is 5.82 Å². The van der Waals surface area contributed by atoms with E-state index in [0.717, 1.165) is 17.5 Å². The SMILES string of the molecule is O=c1[nH]cc(-c2cc([C@H]3C[C@@H]3c3cncc(F)c3)c3nccn3n2)c(=O)[nH]1. The number of nitrogens with one attached hydrogen (secondary N) is 2. The fourth-order valence-corrected chi connectivity index (χ4v) is 3.48. The lowest BCUT2D eigenvalue weighted by atomic mass is 10.1. The third-order valence-corrected chi connectivity index (χ3v) is 4.83. The lowest BCUT2D eigenvalue weighted by Gasteiger charge is -2.07. The van der Waals surface area contributed by atoms with Crippen molar-refractivity contribution >= 4 is 5.65 Å². The Hall–Kier alpha value is -3.62. The Morgan fingerprint density at radius 2 is 2.07 bits per heavy atom. The zero-order chi connectivity index (χ0) is 18.5. The Balaban J connectivity index is 1.62. The fourth-order valence-electron chi connectivity index (χ4n) is 3.48. The van der Waals surface area contributed by atoms with Crippen LogP contribution in [0.5, 0.6) is 0 Å². The summed E-state index contributed by atoms with van der Waals surface area (Å²) in [6.45, 7) is 0. The number of halogens is 1. The van der Waals surface area contributed by atoms with Crippen LogP contribution in [0.3, 0.4) is 0 Å². The first-order valence-electron chi connectivity index (χ1n) is 8.37. The molecule has 4 heterocycles. The molecule has 1 aliphatic rings. The zero-order valence-corrected chi connectivity index (χ0v) is 13.9. The molecular formula is C18H13FN6O2. The van der Waals surface area contributed by atoms with E-state index in [9.17, 15) is 14.0 Å². The number of imidazole rings is 1. The molecule has 0 unspecified atom stereocenters. The molecule has 134 valence electrons. The average Bonchev–Trinajstić information content (AvgIpc) is 3.30. The van der Waals surface area contributed by atoms with Crippen LogP contribution in [-0.2, 0) is 0 Å². The van der Waals surface area contributed by atoms with E-state index in [2.05, 4.69) is 25.0 Å². The van der Waals surface area contributed by atoms with E-state index in [-0.39, 0.29) is 23.2 Å². The Bertz CT molecular complexity index is 1290. The molecule has 0 aliphatic heterocycles. The molecule has 1 fully saturated rings. The number of nitrogens with zero attached hydrogens (tertiary/aromatic N) is 4. The molecule has 4 aromatic heterocycles. The number of fused-ring (bicyclic) bond motifs is 1. The van der Waals surface area contributed by atoms with Gasteiger partial charge < -0.3 is 4.98 Å². The molecule has 8 nitrogen and oxygen atoms in total. The number of aromatic amines is 2. The van der Waals surface area contributed by atoms with Crippen molar-refractivity contribution in [3.8, 4) is 11.3 Å². The summed E-state index contributed by atoms with van der Waals surface area (Å²) in [4.78, 5) is 36.4. The van der Waals surface area contributed by atoms with Crippen molar-refractivity contribution in [1.29, 1.82) is 0 Å². The topological polar surface area (TPSA) is 109 Å². The van der Waals surface area contributed by atoms with E-state index in [1.54, 1.807) is 23.1 Å². The highest BCUT2D eigenvalue weighted by Crippen LogP contribution is 2.55. The van der Waals surface area contributed by atoms with Gasteiger partial charge in [-0.1, -0.05) is 0 Å². The van der Waals surface area contributed by atoms with Crippen LogP contribution >= 0.6 is 0 Å². The van der Waals surface area contributed by atoms with Gasteiger partial charge >= 0.3 is 5.69 Å². The maximum Gasteiger partial charge on any atom is 0.325 e. The van der Waals surface area contributed by atoms with Crippen LogP contribution in [0.25, 0.3) is 16.9 Å². The molecule has 0 spiro atoms. The minimum Gasteiger partial charge on any atom is -0.313 e. The number of aromatic nitrogens is 6. The van der Waals surface area contributed by atoms with Crippen LogP contribution in [0, 0.1) is 5.82 Å². The van der Waals surface area contributed by atoms with E-state index < -0.39 is 11.2 Å². The highest BCUT2D eigenvalue weighted by Gasteiger charge is 2.41. The minimum absolute atomic E-state index is 0.127. The normalized spacial score (nSPS) is 18.7. The number of pyridine rings is 1. The van der Waals surface area contributed by atoms with Gasteiger partial charge in [-0.15, -0.1) is 0 Å². The molecule has 0 amide bonds. The highest BCUT2D eigenvalue weighted by molar-refractivity contribution is 5.63. The van der Waals surface area contributed by atoms with Crippen LogP contribution < -0.4 is 11.2 Å². The maximum atomic E-state index is 13.5. The Kier molecular flexibility index (Phi) is 3.30. The molecule has 2 atom stereocenters. The van der Waals surface area contributed by atoms with Gasteiger partial charge in [0, 0.05) is 30.4 Å². The molecule has 1 saturated carbocycles. The predicted molar refractivity (Wildman–Crippen MR) is 94.0 cm³/mol. The van der Waals surface area contributed by atoms with Gasteiger partial charge in [0.05, 0.1) is 17.5 Å². The summed E-state index contributed by atoms with van der Waals surface area (Å²) >= 11 is 0. The van der Waals surface area contributed by atoms with Gasteiger partial charge in [-0.3, -0.25) is 14.8 Å². The number of hydrogen-bond acceptors (Lipinski definition) is 5. The second kappa shape index (κ2) is 5.70. The first kappa shape index (κ1) is 15.6. The molecule has 0 radical (unpaired) electrons. The Morgan fingerprint density at radius 3 is 2.89 bits per heavy atom. The van der Waals surface area contributed by atoms with Gasteiger partial charge in [0.25, 0.3) is 5.56 Å². The summed E-state index contributed by atoms with van der Waals surface area (Å²) in [5.41, 5.74) is 2.05. The highest BCUT2D eigenvalue weighted by atomic mass is 19.1. The third kappa shape index (κ3) is 2.64. The number of hydrogen-bond donors (Lipinski definition) is 2. The summed E-state index contributed by atoms with van der Waals surface area (Å²) in [5.74, 6) is -0.0980. The molecule has 0 saturated heterocycles. The molecule has 0 aromatic carbocycles. The second-order valence-electron chi connectivity index (χ2n) is 6.55. The van der Waals surface area contributed by atoms with Crippen molar-refractivity contribution in [3.63, 3.8) is 0 Å². The standard InChI is InChI=1S/C18H13FN6O2/c19-10-3-9(6-20-7-10)11-4-12(11)13-5-15(24-25-2-1-21-16(13)25)14-8-22-18(27)23-17(14)26/h1-3,5-8,11-12H,4H2,(H2,22,23,26,27)/t11-,12+/m1/s1. The first-order chi connectivity index (χ1) is 13.1. The van der Waals surface area contributed by atoms with Crippen molar-refractivity contribution in [2.24, 2.45) is 0 Å². The molecule has 9 heteroatoms. The summed E-state index contributed by atoms with van der Waals surface area (Å²) < 4.78 is 15.1. The van der Waals surface area contributed by atoms with Gasteiger partial charge in [-0.2, -0.15) is 5.10 Å². The predicted octanol–water partition coefficient (Wildman–Crippen LogP) is 1.58. The zero-order valence-electron chi connectivity index (χ0n) is 13.9. The van der Waals surface area contributed by atoms with E-state index in [0.29, 0.717) is 11.3 Å². The summed E-state index contributed by atoms with van der Waals surface area (Å²) in [6, 6.07) is 3.30. The molecular weight excluding hydrogens is 351 g/mol. The van der Waals surface area contributed by atoms with Crippen molar-refractivity contribution in [1.82, 2.24) is 29.5 Å². The summed E-state index contributed by atoms with van der Waals surface area (Å²) in [5, 5.41) is 4.42. The molecule has 27 heavy (non-hydrogen) atoms. The van der Waals surface area contributed by atoms with Gasteiger partial charge in [-0.25, -0.2) is 18.7 Å². The first-order valence-corrected chi connectivity index (χ1v) is 8.37. The smallest absolute Gasteiger partial charge is 0.313 e. The minimum atomic E-state index is -0.575. The van der Waals surface area contributed by atoms with Crippen LogP contribution in [0.1, 0.15) is 29.4 Å². The third-order valence-electron chi connectivity index (χ3n) is 4.83. The van der Waals surface area contributed by atoms with Crippen molar-refractivity contribution in [3.05, 3.63) is 80.9 Å². The van der Waals surface area contributed by atoms with Crippen molar-refractivity contribution in [2.75, 3.05) is 0 Å². The molecule has 4 aromatic rings. The van der Waals surface area contributed by atoms with E-state index in [1.165, 1.54) is 18.5 Å². The van der Waals surface area contributed by atoms with Crippen LogP contribution in [-0.4, -0.2) is 29.5 Å². The lowest BCUT2D eigenvalue weighted by molar-refractivity contribution is 0.618. The van der Waals surface area contributed by atoms with Crippen molar-refractivity contribution in [2.45, 2.75) is 18.3 Å². The van der Waals surface area contributed by atoms with Gasteiger partial charge in [0.2, 0.25) is 0 Å². The Labute approximate surface area is 150 Å². The van der Waals surface area contributed by atoms with Crippen LogP contribution in [0.15, 0.2) is 52.7 Å². The molecule has 1 aliphatic carbocycles.